The quantitative estimate of drug-likeness (QED) is 0.293. The highest BCUT2D eigenvalue weighted by molar-refractivity contribution is 7.92. The molecule has 0 fully saturated rings. The molecule has 1 unspecified atom stereocenters. The fraction of sp³-hybridized carbons (Fsp3) is 0.360. The van der Waals surface area contributed by atoms with Crippen LogP contribution < -0.4 is 19.1 Å². The number of benzene rings is 2. The van der Waals surface area contributed by atoms with Gasteiger partial charge in [0.15, 0.2) is 11.6 Å². The fourth-order valence-corrected chi connectivity index (χ4v) is 5.14. The molecule has 1 heterocycles. The number of hydrogen-bond acceptors (Lipinski definition) is 9. The van der Waals surface area contributed by atoms with E-state index in [9.17, 15) is 13.5 Å². The molecule has 3 rings (SSSR count). The molecule has 0 aliphatic carbocycles. The van der Waals surface area contributed by atoms with Crippen LogP contribution in [0.25, 0.3) is 0 Å². The van der Waals surface area contributed by atoms with Gasteiger partial charge in [-0.1, -0.05) is 43.6 Å². The molecule has 0 radical (unpaired) electrons. The van der Waals surface area contributed by atoms with Gasteiger partial charge in [0.05, 0.1) is 29.7 Å². The van der Waals surface area contributed by atoms with E-state index in [1.54, 1.807) is 36.4 Å². The lowest BCUT2D eigenvalue weighted by Gasteiger charge is -2.27. The number of nitrogens with one attached hydrogen (secondary N) is 1. The summed E-state index contributed by atoms with van der Waals surface area (Å²) in [7, 11) is -2.53. The molecule has 0 spiro atoms. The van der Waals surface area contributed by atoms with Gasteiger partial charge in [0.25, 0.3) is 10.0 Å². The predicted molar refractivity (Wildman–Crippen MR) is 141 cm³/mol. The van der Waals surface area contributed by atoms with Crippen molar-refractivity contribution in [3.05, 3.63) is 65.6 Å². The van der Waals surface area contributed by atoms with Crippen molar-refractivity contribution in [1.29, 1.82) is 0 Å². The Balaban J connectivity index is 2.16. The zero-order valence-corrected chi connectivity index (χ0v) is 22.4. The fourth-order valence-electron chi connectivity index (χ4n) is 3.38. The van der Waals surface area contributed by atoms with Gasteiger partial charge in [-0.3, -0.25) is 0 Å². The molecular weight excluding hydrogens is 520 g/mol. The third-order valence-corrected chi connectivity index (χ3v) is 7.27. The van der Waals surface area contributed by atoms with Crippen molar-refractivity contribution in [2.24, 2.45) is 5.92 Å². The van der Waals surface area contributed by atoms with E-state index in [0.717, 1.165) is 0 Å². The summed E-state index contributed by atoms with van der Waals surface area (Å²) >= 11 is 6.39. The molecule has 0 bridgehead atoms. The number of aliphatic hydroxyl groups excluding tert-OH is 2. The number of anilines is 1. The van der Waals surface area contributed by atoms with Crippen LogP contribution in [0.1, 0.15) is 19.5 Å². The van der Waals surface area contributed by atoms with Crippen molar-refractivity contribution in [1.82, 2.24) is 15.3 Å². The zero-order valence-electron chi connectivity index (χ0n) is 20.8. The van der Waals surface area contributed by atoms with E-state index in [4.69, 9.17) is 26.2 Å². The normalized spacial score (nSPS) is 12.4. The first-order chi connectivity index (χ1) is 17.7. The number of hydrogen-bond donors (Lipinski definition) is 3. The summed E-state index contributed by atoms with van der Waals surface area (Å²) in [5, 5.41) is 22.1. The Bertz CT molecular complexity index is 1280. The smallest absolute Gasteiger partial charge is 0.265 e. The summed E-state index contributed by atoms with van der Waals surface area (Å²) in [5.74, 6) is 0.757. The van der Waals surface area contributed by atoms with Crippen LogP contribution in [0.2, 0.25) is 5.02 Å². The molecular formula is C25H31ClN4O6S. The summed E-state index contributed by atoms with van der Waals surface area (Å²) in [6.45, 7) is 3.66. The third-order valence-electron chi connectivity index (χ3n) is 5.19. The summed E-state index contributed by atoms with van der Waals surface area (Å²) in [5.41, 5.74) is 0.325. The third kappa shape index (κ3) is 7.30. The number of ether oxygens (including phenoxy) is 2. The molecule has 37 heavy (non-hydrogen) atoms. The molecule has 0 aliphatic heterocycles. The maximum absolute atomic E-state index is 13.8. The molecule has 1 aromatic heterocycles. The zero-order chi connectivity index (χ0) is 27.0. The number of aliphatic hydroxyl groups is 2. The van der Waals surface area contributed by atoms with E-state index < -0.39 is 22.7 Å². The molecule has 12 heteroatoms. The maximum Gasteiger partial charge on any atom is 0.265 e. The summed E-state index contributed by atoms with van der Waals surface area (Å²) in [4.78, 5) is 8.74. The lowest BCUT2D eigenvalue weighted by molar-refractivity contribution is 0.0941. The van der Waals surface area contributed by atoms with Gasteiger partial charge in [0.1, 0.15) is 23.5 Å². The van der Waals surface area contributed by atoms with E-state index in [1.807, 2.05) is 13.8 Å². The van der Waals surface area contributed by atoms with Crippen LogP contribution in [0.5, 0.6) is 17.2 Å². The van der Waals surface area contributed by atoms with Crippen molar-refractivity contribution in [2.45, 2.75) is 31.4 Å². The van der Waals surface area contributed by atoms with Crippen molar-refractivity contribution in [2.75, 3.05) is 31.1 Å². The van der Waals surface area contributed by atoms with Gasteiger partial charge in [0.2, 0.25) is 0 Å². The second-order valence-corrected chi connectivity index (χ2v) is 10.9. The minimum Gasteiger partial charge on any atom is -0.497 e. The van der Waals surface area contributed by atoms with Crippen molar-refractivity contribution in [3.63, 3.8) is 0 Å². The van der Waals surface area contributed by atoms with E-state index in [1.165, 1.54) is 29.9 Å². The Kier molecular flexibility index (Phi) is 10.1. The topological polar surface area (TPSA) is 134 Å². The summed E-state index contributed by atoms with van der Waals surface area (Å²) < 4.78 is 40.2. The second kappa shape index (κ2) is 13.0. The monoisotopic (exact) mass is 550 g/mol. The molecule has 0 saturated heterocycles. The number of aromatic nitrogens is 2. The van der Waals surface area contributed by atoms with Crippen LogP contribution in [-0.2, 0) is 16.6 Å². The largest absolute Gasteiger partial charge is 0.497 e. The van der Waals surface area contributed by atoms with Crippen LogP contribution in [-0.4, -0.2) is 61.5 Å². The Hall–Kier alpha value is -2.96. The van der Waals surface area contributed by atoms with Gasteiger partial charge in [0, 0.05) is 25.7 Å². The minimum atomic E-state index is -4.03. The number of halogens is 1. The van der Waals surface area contributed by atoms with Crippen molar-refractivity contribution >= 4 is 27.4 Å². The van der Waals surface area contributed by atoms with Gasteiger partial charge >= 0.3 is 0 Å². The Labute approximate surface area is 221 Å². The summed E-state index contributed by atoms with van der Waals surface area (Å²) in [6, 6.07) is 12.9. The maximum atomic E-state index is 13.8. The van der Waals surface area contributed by atoms with Gasteiger partial charge in [-0.25, -0.2) is 22.7 Å². The van der Waals surface area contributed by atoms with Gasteiger partial charge in [-0.05, 0) is 30.2 Å². The first-order valence-electron chi connectivity index (χ1n) is 11.6. The van der Waals surface area contributed by atoms with Gasteiger partial charge < -0.3 is 25.0 Å². The average Bonchev–Trinajstić information content (AvgIpc) is 2.89. The van der Waals surface area contributed by atoms with Crippen LogP contribution in [0, 0.1) is 5.92 Å². The van der Waals surface area contributed by atoms with E-state index in [-0.39, 0.29) is 52.8 Å². The molecule has 2 aromatic carbocycles. The van der Waals surface area contributed by atoms with Gasteiger partial charge in [-0.15, -0.1) is 0 Å². The lowest BCUT2D eigenvalue weighted by Crippen LogP contribution is -2.35. The Morgan fingerprint density at radius 2 is 1.86 bits per heavy atom. The molecule has 200 valence electrons. The highest BCUT2D eigenvalue weighted by Gasteiger charge is 2.31. The van der Waals surface area contributed by atoms with Crippen LogP contribution >= 0.6 is 11.6 Å². The molecule has 10 nitrogen and oxygen atoms in total. The van der Waals surface area contributed by atoms with Crippen molar-refractivity contribution < 1.29 is 28.1 Å². The van der Waals surface area contributed by atoms with Crippen LogP contribution in [0.15, 0.2) is 59.8 Å². The lowest BCUT2D eigenvalue weighted by atomic mass is 10.2. The molecule has 3 N–H and O–H groups in total. The van der Waals surface area contributed by atoms with E-state index >= 15 is 0 Å². The highest BCUT2D eigenvalue weighted by atomic mass is 35.5. The molecule has 0 aliphatic rings. The average molecular weight is 551 g/mol. The number of nitrogens with zero attached hydrogens (tertiary/aromatic N) is 3. The minimum absolute atomic E-state index is 0.0333. The van der Waals surface area contributed by atoms with E-state index in [2.05, 4.69) is 15.3 Å². The van der Waals surface area contributed by atoms with Crippen molar-refractivity contribution in [3.8, 4) is 17.2 Å². The number of sulfonamides is 1. The number of rotatable bonds is 13. The first kappa shape index (κ1) is 28.6. The Morgan fingerprint density at radius 3 is 2.51 bits per heavy atom. The van der Waals surface area contributed by atoms with E-state index in [0.29, 0.717) is 11.4 Å². The SMILES string of the molecule is COc1ccc(Cl)c(Oc2c(CNCC(O)CO)ncnc2N(CC(C)C)S(=O)(=O)c2ccccc2)c1. The Morgan fingerprint density at radius 1 is 1.14 bits per heavy atom. The van der Waals surface area contributed by atoms with Crippen LogP contribution in [0.4, 0.5) is 5.82 Å². The standard InChI is InChI=1S/C25H31ClN4O6S/c1-17(2)14-30(37(33,34)20-7-5-4-6-8-20)25-24(36-23-11-19(35-3)9-10-21(23)26)22(28-16-29-25)13-27-12-18(32)15-31/h4-11,16-18,27,31-32H,12-15H2,1-3H3. The molecule has 1 atom stereocenters. The molecule has 0 saturated carbocycles. The number of methoxy groups -OCH3 is 1. The van der Waals surface area contributed by atoms with Crippen LogP contribution in [0.3, 0.4) is 0 Å². The molecule has 0 amide bonds. The predicted octanol–water partition coefficient (Wildman–Crippen LogP) is 3.23. The van der Waals surface area contributed by atoms with Gasteiger partial charge in [-0.2, -0.15) is 0 Å². The highest BCUT2D eigenvalue weighted by Crippen LogP contribution is 2.39. The second-order valence-electron chi connectivity index (χ2n) is 8.58. The first-order valence-corrected chi connectivity index (χ1v) is 13.4. The summed E-state index contributed by atoms with van der Waals surface area (Å²) in [6.07, 6.45) is 0.275. The molecule has 3 aromatic rings.